The van der Waals surface area contributed by atoms with Gasteiger partial charge in [-0.3, -0.25) is 4.79 Å². The number of terminal acetylenes is 1. The Kier molecular flexibility index (Phi) is 4.20. The molecule has 0 aliphatic rings. The third kappa shape index (κ3) is 2.32. The van der Waals surface area contributed by atoms with Gasteiger partial charge in [-0.05, 0) is 18.4 Å². The fraction of sp³-hybridized carbons (Fsp3) is 0.357. The molecule has 2 aromatic heterocycles. The topological polar surface area (TPSA) is 80.9 Å². The molecule has 0 radical (unpaired) electrons. The summed E-state index contributed by atoms with van der Waals surface area (Å²) in [5, 5.41) is 11.9. The highest BCUT2D eigenvalue weighted by Crippen LogP contribution is 2.35. The van der Waals surface area contributed by atoms with Gasteiger partial charge in [0.15, 0.2) is 0 Å². The van der Waals surface area contributed by atoms with E-state index in [1.54, 1.807) is 0 Å². The van der Waals surface area contributed by atoms with Crippen molar-refractivity contribution in [3.8, 4) is 12.3 Å². The summed E-state index contributed by atoms with van der Waals surface area (Å²) in [5.41, 5.74) is 8.62. The molecule has 2 heterocycles. The Bertz CT molecular complexity index is 699. The summed E-state index contributed by atoms with van der Waals surface area (Å²) in [7, 11) is 0. The molecule has 3 N–H and O–H groups in total. The number of carbonyl (C=O) groups excluding carboxylic acids is 1. The number of nitrogens with two attached hydrogens (primary N) is 1. The van der Waals surface area contributed by atoms with Gasteiger partial charge in [0.05, 0.1) is 17.9 Å². The van der Waals surface area contributed by atoms with Crippen molar-refractivity contribution in [2.45, 2.75) is 26.7 Å². The number of amides is 1. The number of aryl methyl sites for hydroxylation is 2. The second-order valence-corrected chi connectivity index (χ2v) is 5.24. The zero-order chi connectivity index (χ0) is 14.7. The average molecular weight is 288 g/mol. The van der Waals surface area contributed by atoms with Gasteiger partial charge in [0.25, 0.3) is 5.91 Å². The van der Waals surface area contributed by atoms with E-state index in [1.165, 1.54) is 11.3 Å². The molecule has 2 rings (SSSR count). The largest absolute Gasteiger partial charge is 0.397 e. The van der Waals surface area contributed by atoms with Crippen molar-refractivity contribution in [1.29, 1.82) is 0 Å². The molecule has 1 amide bonds. The lowest BCUT2D eigenvalue weighted by molar-refractivity contribution is 0.0963. The molecule has 5 nitrogen and oxygen atoms in total. The molecule has 0 saturated carbocycles. The Hall–Kier alpha value is -2.13. The van der Waals surface area contributed by atoms with Crippen LogP contribution in [0.2, 0.25) is 0 Å². The second-order valence-electron chi connectivity index (χ2n) is 4.24. The molecule has 0 spiro atoms. The van der Waals surface area contributed by atoms with Crippen LogP contribution in [0.5, 0.6) is 0 Å². The standard InChI is InChI=1S/C14H16N4OS/c1-4-7-16-13(19)12-11(15)10-8(5-2)9(6-3)17-18-14(10)20-12/h1H,5-7,15H2,2-3H3,(H,16,19). The Morgan fingerprint density at radius 1 is 1.40 bits per heavy atom. The molecule has 0 fully saturated rings. The van der Waals surface area contributed by atoms with Crippen molar-refractivity contribution in [1.82, 2.24) is 15.5 Å². The SMILES string of the molecule is C#CCNC(=O)c1sc2nnc(CC)c(CC)c2c1N. The molecule has 0 aromatic carbocycles. The molecule has 0 saturated heterocycles. The summed E-state index contributed by atoms with van der Waals surface area (Å²) >= 11 is 1.25. The molecule has 6 heteroatoms. The molecule has 0 aliphatic heterocycles. The highest BCUT2D eigenvalue weighted by atomic mass is 32.1. The zero-order valence-corrected chi connectivity index (χ0v) is 12.3. The Labute approximate surface area is 121 Å². The first-order valence-electron chi connectivity index (χ1n) is 6.42. The second kappa shape index (κ2) is 5.88. The summed E-state index contributed by atoms with van der Waals surface area (Å²) in [5.74, 6) is 2.11. The third-order valence-corrected chi connectivity index (χ3v) is 4.17. The minimum Gasteiger partial charge on any atom is -0.397 e. The van der Waals surface area contributed by atoms with Crippen LogP contribution in [0, 0.1) is 12.3 Å². The predicted octanol–water partition coefficient (Wildman–Crippen LogP) is 1.76. The van der Waals surface area contributed by atoms with Crippen molar-refractivity contribution in [3.05, 3.63) is 16.1 Å². The number of aromatic nitrogens is 2. The average Bonchev–Trinajstić information content (AvgIpc) is 2.81. The zero-order valence-electron chi connectivity index (χ0n) is 11.5. The lowest BCUT2D eigenvalue weighted by Crippen LogP contribution is -2.23. The van der Waals surface area contributed by atoms with Gasteiger partial charge in [-0.1, -0.05) is 19.8 Å². The molecule has 0 bridgehead atoms. The molecule has 0 aliphatic carbocycles. The normalized spacial score (nSPS) is 10.4. The lowest BCUT2D eigenvalue weighted by Gasteiger charge is -2.06. The van der Waals surface area contributed by atoms with E-state index in [1.807, 2.05) is 13.8 Å². The number of nitrogen functional groups attached to an aromatic ring is 1. The highest BCUT2D eigenvalue weighted by Gasteiger charge is 2.20. The first kappa shape index (κ1) is 14.3. The molecule has 104 valence electrons. The maximum atomic E-state index is 12.0. The molecule has 0 unspecified atom stereocenters. The van der Waals surface area contributed by atoms with Crippen LogP contribution in [0.25, 0.3) is 10.2 Å². The van der Waals surface area contributed by atoms with Gasteiger partial charge in [0.2, 0.25) is 0 Å². The number of rotatable bonds is 4. The van der Waals surface area contributed by atoms with Crippen LogP contribution in [0.4, 0.5) is 5.69 Å². The number of carbonyl (C=O) groups is 1. The van der Waals surface area contributed by atoms with Crippen LogP contribution in [0.3, 0.4) is 0 Å². The van der Waals surface area contributed by atoms with Crippen LogP contribution in [0.15, 0.2) is 0 Å². The number of nitrogens with one attached hydrogen (secondary N) is 1. The van der Waals surface area contributed by atoms with E-state index in [-0.39, 0.29) is 12.5 Å². The van der Waals surface area contributed by atoms with E-state index in [0.29, 0.717) is 15.4 Å². The lowest BCUT2D eigenvalue weighted by atomic mass is 10.1. The number of nitrogens with zero attached hydrogens (tertiary/aromatic N) is 2. The summed E-state index contributed by atoms with van der Waals surface area (Å²) in [6.07, 6.45) is 6.74. The third-order valence-electron chi connectivity index (χ3n) is 3.08. The first-order chi connectivity index (χ1) is 9.63. The van der Waals surface area contributed by atoms with E-state index in [2.05, 4.69) is 21.4 Å². The van der Waals surface area contributed by atoms with Gasteiger partial charge in [-0.25, -0.2) is 0 Å². The number of hydrogen-bond donors (Lipinski definition) is 2. The maximum Gasteiger partial charge on any atom is 0.264 e. The van der Waals surface area contributed by atoms with E-state index in [9.17, 15) is 4.79 Å². The van der Waals surface area contributed by atoms with Crippen molar-refractivity contribution in [2.24, 2.45) is 0 Å². The van der Waals surface area contributed by atoms with E-state index >= 15 is 0 Å². The maximum absolute atomic E-state index is 12.0. The van der Waals surface area contributed by atoms with Crippen molar-refractivity contribution < 1.29 is 4.79 Å². The number of hydrogen-bond acceptors (Lipinski definition) is 5. The van der Waals surface area contributed by atoms with Gasteiger partial charge in [-0.2, -0.15) is 5.10 Å². The summed E-state index contributed by atoms with van der Waals surface area (Å²) in [4.78, 5) is 13.2. The number of thiophene rings is 1. The molecular weight excluding hydrogens is 272 g/mol. The Morgan fingerprint density at radius 3 is 2.75 bits per heavy atom. The van der Waals surface area contributed by atoms with Crippen LogP contribution in [-0.2, 0) is 12.8 Å². The van der Waals surface area contributed by atoms with Gasteiger partial charge in [0, 0.05) is 5.39 Å². The number of fused-ring (bicyclic) bond motifs is 1. The highest BCUT2D eigenvalue weighted by molar-refractivity contribution is 7.21. The van der Waals surface area contributed by atoms with E-state index in [4.69, 9.17) is 12.2 Å². The summed E-state index contributed by atoms with van der Waals surface area (Å²) in [6, 6.07) is 0. The van der Waals surface area contributed by atoms with Crippen LogP contribution >= 0.6 is 11.3 Å². The smallest absolute Gasteiger partial charge is 0.264 e. The minimum absolute atomic E-state index is 0.180. The monoisotopic (exact) mass is 288 g/mol. The van der Waals surface area contributed by atoms with Crippen molar-refractivity contribution >= 4 is 33.1 Å². The summed E-state index contributed by atoms with van der Waals surface area (Å²) in [6.45, 7) is 4.25. The minimum atomic E-state index is -0.261. The Balaban J connectivity index is 2.59. The van der Waals surface area contributed by atoms with Gasteiger partial charge < -0.3 is 11.1 Å². The quantitative estimate of drug-likeness (QED) is 0.840. The molecule has 20 heavy (non-hydrogen) atoms. The van der Waals surface area contributed by atoms with E-state index in [0.717, 1.165) is 29.5 Å². The summed E-state index contributed by atoms with van der Waals surface area (Å²) < 4.78 is 0. The Morgan fingerprint density at radius 2 is 2.15 bits per heavy atom. The van der Waals surface area contributed by atoms with Crippen LogP contribution in [0.1, 0.15) is 34.8 Å². The molecule has 2 aromatic rings. The molecular formula is C14H16N4OS. The van der Waals surface area contributed by atoms with Crippen molar-refractivity contribution in [2.75, 3.05) is 12.3 Å². The van der Waals surface area contributed by atoms with Gasteiger partial charge >= 0.3 is 0 Å². The van der Waals surface area contributed by atoms with Gasteiger partial charge in [-0.15, -0.1) is 22.9 Å². The molecule has 0 atom stereocenters. The van der Waals surface area contributed by atoms with Crippen molar-refractivity contribution in [3.63, 3.8) is 0 Å². The number of anilines is 1. The fourth-order valence-electron chi connectivity index (χ4n) is 2.15. The van der Waals surface area contributed by atoms with Gasteiger partial charge in [0.1, 0.15) is 9.71 Å². The van der Waals surface area contributed by atoms with Crippen LogP contribution < -0.4 is 11.1 Å². The van der Waals surface area contributed by atoms with E-state index < -0.39 is 0 Å². The predicted molar refractivity (Wildman–Crippen MR) is 81.7 cm³/mol. The first-order valence-corrected chi connectivity index (χ1v) is 7.23. The van der Waals surface area contributed by atoms with Crippen LogP contribution in [-0.4, -0.2) is 22.6 Å². The fourth-order valence-corrected chi connectivity index (χ4v) is 3.14.